The van der Waals surface area contributed by atoms with Crippen LogP contribution < -0.4 is 4.72 Å². The molecule has 1 aromatic carbocycles. The summed E-state index contributed by atoms with van der Waals surface area (Å²) in [5.41, 5.74) is -1.28. The minimum Gasteiger partial charge on any atom is -0.389 e. The molecule has 1 aromatic rings. The van der Waals surface area contributed by atoms with E-state index in [1.807, 2.05) is 6.92 Å². The predicted molar refractivity (Wildman–Crippen MR) is 95.8 cm³/mol. The van der Waals surface area contributed by atoms with Crippen LogP contribution in [0.25, 0.3) is 0 Å². The zero-order valence-electron chi connectivity index (χ0n) is 14.8. The van der Waals surface area contributed by atoms with Crippen molar-refractivity contribution in [2.75, 3.05) is 13.2 Å². The van der Waals surface area contributed by atoms with Crippen molar-refractivity contribution in [2.24, 2.45) is 5.92 Å². The fraction of sp³-hybridized carbons (Fsp3) is 0.647. The molecule has 8 nitrogen and oxygen atoms in total. The summed E-state index contributed by atoms with van der Waals surface area (Å²) in [5, 5.41) is 30.9. The molecule has 0 spiro atoms. The van der Waals surface area contributed by atoms with E-state index in [-0.39, 0.29) is 17.2 Å². The third kappa shape index (κ3) is 4.40. The highest BCUT2D eigenvalue weighted by Crippen LogP contribution is 2.32. The lowest BCUT2D eigenvalue weighted by Gasteiger charge is -2.32. The molecule has 0 bridgehead atoms. The van der Waals surface area contributed by atoms with Gasteiger partial charge >= 0.3 is 0 Å². The van der Waals surface area contributed by atoms with Gasteiger partial charge in [0.25, 0.3) is 5.54 Å². The summed E-state index contributed by atoms with van der Waals surface area (Å²) < 4.78 is 27.9. The maximum Gasteiger partial charge on any atom is 0.283 e. The Labute approximate surface area is 153 Å². The Kier molecular flexibility index (Phi) is 6.73. The van der Waals surface area contributed by atoms with Crippen molar-refractivity contribution in [1.82, 2.24) is 4.72 Å². The predicted octanol–water partition coefficient (Wildman–Crippen LogP) is 1.22. The third-order valence-corrected chi connectivity index (χ3v) is 6.72. The molecule has 9 heteroatoms. The number of nitrogens with zero attached hydrogens (tertiary/aromatic N) is 1. The molecule has 0 amide bonds. The van der Waals surface area contributed by atoms with Gasteiger partial charge in [0.15, 0.2) is 0 Å². The van der Waals surface area contributed by atoms with Crippen molar-refractivity contribution >= 4 is 10.0 Å². The lowest BCUT2D eigenvalue weighted by molar-refractivity contribution is -0.582. The van der Waals surface area contributed by atoms with Gasteiger partial charge < -0.3 is 10.2 Å². The number of aliphatic hydroxyl groups excluding tert-OH is 2. The molecule has 3 N–H and O–H groups in total. The number of aryl methyl sites for hydroxylation is 1. The maximum atomic E-state index is 12.7. The van der Waals surface area contributed by atoms with Gasteiger partial charge in [0.1, 0.15) is 13.2 Å². The van der Waals surface area contributed by atoms with Crippen molar-refractivity contribution in [3.8, 4) is 0 Å². The van der Waals surface area contributed by atoms with Crippen LogP contribution in [0.15, 0.2) is 29.2 Å². The first-order valence-corrected chi connectivity index (χ1v) is 10.2. The van der Waals surface area contributed by atoms with Crippen LogP contribution in [0.2, 0.25) is 0 Å². The minimum atomic E-state index is -4.03. The van der Waals surface area contributed by atoms with Crippen LogP contribution in [0, 0.1) is 23.0 Å². The number of nitrogens with one attached hydrogen (secondary N) is 1. The summed E-state index contributed by atoms with van der Waals surface area (Å²) in [6, 6.07) is 4.92. The normalized spacial score (nSPS) is 17.3. The highest BCUT2D eigenvalue weighted by molar-refractivity contribution is 7.89. The van der Waals surface area contributed by atoms with Gasteiger partial charge in [-0.3, -0.25) is 10.1 Å². The first-order valence-electron chi connectivity index (χ1n) is 8.70. The Hall–Kier alpha value is -1.55. The Balaban J connectivity index is 2.36. The molecule has 26 heavy (non-hydrogen) atoms. The Morgan fingerprint density at radius 3 is 2.23 bits per heavy atom. The number of sulfonamides is 1. The van der Waals surface area contributed by atoms with Crippen molar-refractivity contribution < 1.29 is 23.6 Å². The largest absolute Gasteiger partial charge is 0.389 e. The Bertz CT molecular complexity index is 709. The molecule has 0 aliphatic heterocycles. The fourth-order valence-electron chi connectivity index (χ4n) is 3.44. The van der Waals surface area contributed by atoms with E-state index in [1.165, 1.54) is 12.1 Å². The molecular weight excluding hydrogens is 360 g/mol. The van der Waals surface area contributed by atoms with Crippen molar-refractivity contribution in [3.05, 3.63) is 39.9 Å². The second-order valence-corrected chi connectivity index (χ2v) is 8.76. The van der Waals surface area contributed by atoms with Crippen LogP contribution in [-0.4, -0.2) is 48.3 Å². The summed E-state index contributed by atoms with van der Waals surface area (Å²) >= 11 is 0. The van der Waals surface area contributed by atoms with E-state index in [0.717, 1.165) is 31.2 Å². The highest BCUT2D eigenvalue weighted by Gasteiger charge is 2.52. The molecule has 0 heterocycles. The first kappa shape index (κ1) is 20.8. The molecule has 1 atom stereocenters. The molecule has 146 valence electrons. The van der Waals surface area contributed by atoms with Gasteiger partial charge in [-0.05, 0) is 31.4 Å². The van der Waals surface area contributed by atoms with Crippen LogP contribution in [-0.2, 0) is 10.0 Å². The summed E-state index contributed by atoms with van der Waals surface area (Å²) in [7, 11) is -4.03. The van der Waals surface area contributed by atoms with Crippen molar-refractivity contribution in [1.29, 1.82) is 0 Å². The lowest BCUT2D eigenvalue weighted by Crippen LogP contribution is -2.62. The van der Waals surface area contributed by atoms with E-state index in [2.05, 4.69) is 4.72 Å². The number of hydrogen-bond acceptors (Lipinski definition) is 6. The van der Waals surface area contributed by atoms with Crippen LogP contribution in [0.5, 0.6) is 0 Å². The van der Waals surface area contributed by atoms with Gasteiger partial charge in [0.05, 0.1) is 10.9 Å². The molecule has 1 aliphatic rings. The van der Waals surface area contributed by atoms with E-state index in [0.29, 0.717) is 0 Å². The van der Waals surface area contributed by atoms with E-state index >= 15 is 0 Å². The van der Waals surface area contributed by atoms with E-state index in [9.17, 15) is 28.7 Å². The average molecular weight is 386 g/mol. The highest BCUT2D eigenvalue weighted by atomic mass is 32.2. The lowest BCUT2D eigenvalue weighted by atomic mass is 9.85. The van der Waals surface area contributed by atoms with Crippen LogP contribution >= 0.6 is 0 Å². The summed E-state index contributed by atoms with van der Waals surface area (Å²) in [4.78, 5) is 10.8. The smallest absolute Gasteiger partial charge is 0.283 e. The SMILES string of the molecule is Cc1ccc(S(=O)(=O)NC(CC2CCCC2)C(CO)(CO)[N+](=O)[O-])cc1. The zero-order valence-corrected chi connectivity index (χ0v) is 15.6. The van der Waals surface area contributed by atoms with Gasteiger partial charge in [0, 0.05) is 4.92 Å². The van der Waals surface area contributed by atoms with Gasteiger partial charge in [-0.2, -0.15) is 0 Å². The van der Waals surface area contributed by atoms with Gasteiger partial charge in [-0.1, -0.05) is 43.4 Å². The average Bonchev–Trinajstić information content (AvgIpc) is 3.09. The Morgan fingerprint density at radius 1 is 1.23 bits per heavy atom. The van der Waals surface area contributed by atoms with Crippen LogP contribution in [0.1, 0.15) is 37.7 Å². The number of aliphatic hydroxyl groups is 2. The molecular formula is C17H26N2O6S. The molecule has 1 aliphatic carbocycles. The first-order chi connectivity index (χ1) is 12.2. The quantitative estimate of drug-likeness (QED) is 0.432. The number of hydrogen-bond donors (Lipinski definition) is 3. The van der Waals surface area contributed by atoms with Crippen LogP contribution in [0.4, 0.5) is 0 Å². The monoisotopic (exact) mass is 386 g/mol. The second-order valence-electron chi connectivity index (χ2n) is 7.05. The summed E-state index contributed by atoms with van der Waals surface area (Å²) in [6.45, 7) is -0.0867. The number of rotatable bonds is 9. The Morgan fingerprint density at radius 2 is 1.77 bits per heavy atom. The van der Waals surface area contributed by atoms with Crippen molar-refractivity contribution in [3.63, 3.8) is 0 Å². The van der Waals surface area contributed by atoms with Gasteiger partial charge in [-0.15, -0.1) is 0 Å². The van der Waals surface area contributed by atoms with Crippen LogP contribution in [0.3, 0.4) is 0 Å². The molecule has 1 fully saturated rings. The summed E-state index contributed by atoms with van der Waals surface area (Å²) in [5.74, 6) is 0.123. The minimum absolute atomic E-state index is 0.00681. The maximum absolute atomic E-state index is 12.7. The number of nitro groups is 1. The molecule has 2 rings (SSSR count). The van der Waals surface area contributed by atoms with E-state index < -0.39 is 39.7 Å². The van der Waals surface area contributed by atoms with E-state index in [1.54, 1.807) is 12.1 Å². The molecule has 0 radical (unpaired) electrons. The molecule has 0 aromatic heterocycles. The molecule has 1 unspecified atom stereocenters. The molecule has 0 saturated heterocycles. The summed E-state index contributed by atoms with van der Waals surface area (Å²) in [6.07, 6.45) is 3.89. The molecule has 1 saturated carbocycles. The van der Waals surface area contributed by atoms with Gasteiger partial charge in [-0.25, -0.2) is 13.1 Å². The number of benzene rings is 1. The standard InChI is InChI=1S/C17H26N2O6S/c1-13-6-8-15(9-7-13)26(24,25)18-16(10-14-4-2-3-5-14)17(11-20,12-21)19(22)23/h6-9,14,16,18,20-21H,2-5,10-12H2,1H3. The van der Waals surface area contributed by atoms with Crippen molar-refractivity contribution in [2.45, 2.75) is 55.5 Å². The second kappa shape index (κ2) is 8.43. The topological polar surface area (TPSA) is 130 Å². The zero-order chi connectivity index (χ0) is 19.4. The third-order valence-electron chi connectivity index (χ3n) is 5.23. The van der Waals surface area contributed by atoms with E-state index in [4.69, 9.17) is 0 Å². The van der Waals surface area contributed by atoms with Gasteiger partial charge in [0.2, 0.25) is 10.0 Å². The fourth-order valence-corrected chi connectivity index (χ4v) is 4.76.